The van der Waals surface area contributed by atoms with Crippen LogP contribution in [0.3, 0.4) is 0 Å². The van der Waals surface area contributed by atoms with Crippen molar-refractivity contribution < 1.29 is 9.53 Å². The van der Waals surface area contributed by atoms with Gasteiger partial charge in [-0.1, -0.05) is 0 Å². The van der Waals surface area contributed by atoms with Gasteiger partial charge in [-0.25, -0.2) is 14.8 Å². The summed E-state index contributed by atoms with van der Waals surface area (Å²) in [5.74, 6) is 0. The van der Waals surface area contributed by atoms with Crippen LogP contribution in [0, 0.1) is 11.3 Å². The molecule has 0 aliphatic rings. The number of nitrogens with one attached hydrogen (secondary N) is 1. The fourth-order valence-electron chi connectivity index (χ4n) is 2.65. The number of pyridine rings is 2. The molecule has 0 bridgehead atoms. The molecule has 0 amide bonds. The topological polar surface area (TPSA) is 106 Å². The highest BCUT2D eigenvalue weighted by atomic mass is 16.6. The van der Waals surface area contributed by atoms with Crippen molar-refractivity contribution in [2.75, 3.05) is 5.32 Å². The van der Waals surface area contributed by atoms with Gasteiger partial charge in [-0.15, -0.1) is 0 Å². The summed E-state index contributed by atoms with van der Waals surface area (Å²) in [6.45, 7) is 9.38. The van der Waals surface area contributed by atoms with E-state index in [0.717, 1.165) is 15.6 Å². The van der Waals surface area contributed by atoms with Gasteiger partial charge in [0.1, 0.15) is 11.7 Å². The number of nitrogens with zero attached hydrogens (tertiary/aromatic N) is 5. The predicted molar refractivity (Wildman–Crippen MR) is 106 cm³/mol. The smallest absolute Gasteiger partial charge is 0.435 e. The van der Waals surface area contributed by atoms with E-state index in [4.69, 9.17) is 4.74 Å². The Morgan fingerprint density at radius 1 is 1.21 bits per heavy atom. The van der Waals surface area contributed by atoms with Gasteiger partial charge in [-0.05, 0) is 40.7 Å². The van der Waals surface area contributed by atoms with Gasteiger partial charge in [-0.3, -0.25) is 0 Å². The van der Waals surface area contributed by atoms with E-state index in [1.165, 1.54) is 6.20 Å². The summed E-state index contributed by atoms with van der Waals surface area (Å²) in [6.07, 6.45) is 5.79. The van der Waals surface area contributed by atoms with Crippen LogP contribution >= 0.6 is 0 Å². The standard InChI is InChI=1S/C20H22N6O2/c1-12(2)25-17-14(7-21)9-23-18-16(17)6-13(8-22-18)15-10-24-26(11-15)19(27)28-20(3,4)5/h6,8-12H,1-5H3,(H,22,23,25). The van der Waals surface area contributed by atoms with Crippen LogP contribution in [-0.2, 0) is 4.74 Å². The average Bonchev–Trinajstić information content (AvgIpc) is 3.10. The molecule has 8 nitrogen and oxygen atoms in total. The van der Waals surface area contributed by atoms with Crippen LogP contribution in [0.2, 0.25) is 0 Å². The van der Waals surface area contributed by atoms with Crippen molar-refractivity contribution in [1.29, 1.82) is 5.26 Å². The molecule has 0 unspecified atom stereocenters. The zero-order valence-corrected chi connectivity index (χ0v) is 16.5. The number of anilines is 1. The van der Waals surface area contributed by atoms with Gasteiger partial charge in [0.2, 0.25) is 0 Å². The quantitative estimate of drug-likeness (QED) is 0.735. The minimum atomic E-state index is -0.607. The number of hydrogen-bond donors (Lipinski definition) is 1. The Kier molecular flexibility index (Phi) is 5.01. The first-order chi connectivity index (χ1) is 13.2. The molecule has 28 heavy (non-hydrogen) atoms. The van der Waals surface area contributed by atoms with Gasteiger partial charge in [0.15, 0.2) is 5.65 Å². The molecule has 0 radical (unpaired) electrons. The number of aromatic nitrogens is 4. The molecule has 0 fully saturated rings. The fraction of sp³-hybridized carbons (Fsp3) is 0.350. The highest BCUT2D eigenvalue weighted by Crippen LogP contribution is 2.29. The number of carbonyl (C=O) groups excluding carboxylic acids is 1. The first-order valence-electron chi connectivity index (χ1n) is 8.92. The second kappa shape index (κ2) is 7.27. The van der Waals surface area contributed by atoms with E-state index in [2.05, 4.69) is 26.5 Å². The summed E-state index contributed by atoms with van der Waals surface area (Å²) in [7, 11) is 0. The number of carbonyl (C=O) groups is 1. The largest absolute Gasteiger partial charge is 0.442 e. The molecular weight excluding hydrogens is 356 g/mol. The van der Waals surface area contributed by atoms with Crippen LogP contribution in [0.15, 0.2) is 30.9 Å². The maximum atomic E-state index is 12.2. The average molecular weight is 378 g/mol. The third kappa shape index (κ3) is 4.09. The Hall–Kier alpha value is -3.47. The van der Waals surface area contributed by atoms with Crippen LogP contribution in [0.1, 0.15) is 40.2 Å². The van der Waals surface area contributed by atoms with E-state index in [0.29, 0.717) is 22.5 Å². The lowest BCUT2D eigenvalue weighted by Gasteiger charge is -2.18. The molecule has 0 aromatic carbocycles. The molecule has 8 heteroatoms. The maximum absolute atomic E-state index is 12.2. The second-order valence-corrected chi connectivity index (χ2v) is 7.71. The van der Waals surface area contributed by atoms with Gasteiger partial charge >= 0.3 is 6.09 Å². The van der Waals surface area contributed by atoms with Crippen molar-refractivity contribution in [3.05, 3.63) is 36.4 Å². The third-order valence-corrected chi connectivity index (χ3v) is 3.77. The van der Waals surface area contributed by atoms with Crippen LogP contribution in [0.5, 0.6) is 0 Å². The summed E-state index contributed by atoms with van der Waals surface area (Å²) < 4.78 is 6.48. The summed E-state index contributed by atoms with van der Waals surface area (Å²) in [6, 6.07) is 4.18. The summed E-state index contributed by atoms with van der Waals surface area (Å²) in [5, 5.41) is 17.5. The van der Waals surface area contributed by atoms with Gasteiger partial charge in [0.25, 0.3) is 0 Å². The highest BCUT2D eigenvalue weighted by Gasteiger charge is 2.19. The van der Waals surface area contributed by atoms with Gasteiger partial charge in [0, 0.05) is 41.1 Å². The number of fused-ring (bicyclic) bond motifs is 1. The van der Waals surface area contributed by atoms with Gasteiger partial charge in [0.05, 0.1) is 17.4 Å². The second-order valence-electron chi connectivity index (χ2n) is 7.71. The van der Waals surface area contributed by atoms with E-state index < -0.39 is 11.7 Å². The first-order valence-corrected chi connectivity index (χ1v) is 8.92. The molecule has 3 aromatic rings. The number of hydrogen-bond acceptors (Lipinski definition) is 7. The molecule has 0 saturated heterocycles. The molecule has 3 heterocycles. The maximum Gasteiger partial charge on any atom is 0.435 e. The lowest BCUT2D eigenvalue weighted by atomic mass is 10.1. The Morgan fingerprint density at radius 3 is 2.57 bits per heavy atom. The van der Waals surface area contributed by atoms with E-state index in [1.807, 2.05) is 19.9 Å². The van der Waals surface area contributed by atoms with Crippen molar-refractivity contribution in [3.63, 3.8) is 0 Å². The molecule has 3 aromatic heterocycles. The third-order valence-electron chi connectivity index (χ3n) is 3.77. The van der Waals surface area contributed by atoms with E-state index in [9.17, 15) is 10.1 Å². The van der Waals surface area contributed by atoms with Gasteiger partial charge < -0.3 is 10.1 Å². The Morgan fingerprint density at radius 2 is 1.93 bits per heavy atom. The molecule has 0 spiro atoms. The van der Waals surface area contributed by atoms with Crippen LogP contribution in [0.4, 0.5) is 10.5 Å². The molecular formula is C20H22N6O2. The van der Waals surface area contributed by atoms with E-state index in [1.54, 1.807) is 39.4 Å². The molecule has 0 aliphatic carbocycles. The summed E-state index contributed by atoms with van der Waals surface area (Å²) >= 11 is 0. The normalized spacial score (nSPS) is 11.5. The molecule has 1 N–H and O–H groups in total. The number of rotatable bonds is 3. The highest BCUT2D eigenvalue weighted by molar-refractivity contribution is 5.94. The zero-order valence-electron chi connectivity index (χ0n) is 16.5. The van der Waals surface area contributed by atoms with Crippen molar-refractivity contribution >= 4 is 22.8 Å². The van der Waals surface area contributed by atoms with Crippen molar-refractivity contribution in [2.24, 2.45) is 0 Å². The summed E-state index contributed by atoms with van der Waals surface area (Å²) in [5.41, 5.74) is 2.53. The predicted octanol–water partition coefficient (Wildman–Crippen LogP) is 3.97. The molecule has 0 saturated carbocycles. The zero-order chi connectivity index (χ0) is 20.5. The Bertz CT molecular complexity index is 1070. The van der Waals surface area contributed by atoms with Gasteiger partial charge in [-0.2, -0.15) is 15.0 Å². The first kappa shape index (κ1) is 19.3. The number of nitriles is 1. The molecule has 0 atom stereocenters. The molecule has 3 rings (SSSR count). The van der Waals surface area contributed by atoms with E-state index in [-0.39, 0.29) is 6.04 Å². The molecule has 144 valence electrons. The van der Waals surface area contributed by atoms with Crippen LogP contribution in [-0.4, -0.2) is 37.5 Å². The minimum absolute atomic E-state index is 0.135. The molecule has 0 aliphatic heterocycles. The van der Waals surface area contributed by atoms with Crippen molar-refractivity contribution in [1.82, 2.24) is 19.7 Å². The van der Waals surface area contributed by atoms with E-state index >= 15 is 0 Å². The monoisotopic (exact) mass is 378 g/mol. The lowest BCUT2D eigenvalue weighted by Crippen LogP contribution is -2.27. The van der Waals surface area contributed by atoms with Crippen molar-refractivity contribution in [2.45, 2.75) is 46.3 Å². The lowest BCUT2D eigenvalue weighted by molar-refractivity contribution is 0.0514. The Balaban J connectivity index is 2.03. The summed E-state index contributed by atoms with van der Waals surface area (Å²) in [4.78, 5) is 20.8. The van der Waals surface area contributed by atoms with Crippen LogP contribution < -0.4 is 5.32 Å². The number of ether oxygens (including phenoxy) is 1. The SMILES string of the molecule is CC(C)Nc1c(C#N)cnc2ncc(-c3cnn(C(=O)OC(C)(C)C)c3)cc12. The van der Waals surface area contributed by atoms with Crippen molar-refractivity contribution in [3.8, 4) is 17.2 Å². The fourth-order valence-corrected chi connectivity index (χ4v) is 2.65. The Labute approximate surface area is 163 Å². The van der Waals surface area contributed by atoms with Crippen LogP contribution in [0.25, 0.3) is 22.2 Å². The minimum Gasteiger partial charge on any atom is -0.442 e.